The fraction of sp³-hybridized carbons (Fsp3) is 1.00. The van der Waals surface area contributed by atoms with Crippen LogP contribution in [0.2, 0.25) is 0 Å². The van der Waals surface area contributed by atoms with Crippen LogP contribution in [-0.4, -0.2) is 6.54 Å². The molecule has 0 aromatic rings. The van der Waals surface area contributed by atoms with Gasteiger partial charge in [0.25, 0.3) is 0 Å². The second-order valence-corrected chi connectivity index (χ2v) is 6.42. The quantitative estimate of drug-likeness (QED) is 0.717. The van der Waals surface area contributed by atoms with Gasteiger partial charge in [0, 0.05) is 0 Å². The minimum absolute atomic E-state index is 0.684. The van der Waals surface area contributed by atoms with Crippen LogP contribution in [0.5, 0.6) is 0 Å². The van der Waals surface area contributed by atoms with Crippen LogP contribution in [0.25, 0.3) is 0 Å². The molecule has 0 aromatic heterocycles. The van der Waals surface area contributed by atoms with E-state index in [9.17, 15) is 0 Å². The highest BCUT2D eigenvalue weighted by Crippen LogP contribution is 2.62. The maximum atomic E-state index is 5.89. The first-order chi connectivity index (χ1) is 6.72. The van der Waals surface area contributed by atoms with Crippen molar-refractivity contribution < 1.29 is 0 Å². The molecule has 0 amide bonds. The van der Waals surface area contributed by atoms with Gasteiger partial charge < -0.3 is 5.73 Å². The molecule has 0 radical (unpaired) electrons. The first kappa shape index (κ1) is 9.21. The van der Waals surface area contributed by atoms with Crippen molar-refractivity contribution in [2.75, 3.05) is 6.54 Å². The topological polar surface area (TPSA) is 26.0 Å². The molecule has 0 heterocycles. The Balaban J connectivity index is 1.87. The van der Waals surface area contributed by atoms with E-state index in [0.717, 1.165) is 30.2 Å². The molecule has 0 unspecified atom stereocenters. The molecule has 14 heavy (non-hydrogen) atoms. The summed E-state index contributed by atoms with van der Waals surface area (Å²) in [6.45, 7) is 3.30. The summed E-state index contributed by atoms with van der Waals surface area (Å²) in [5.74, 6) is 4.01. The summed E-state index contributed by atoms with van der Waals surface area (Å²) in [4.78, 5) is 0. The number of hydrogen-bond donors (Lipinski definition) is 1. The van der Waals surface area contributed by atoms with Gasteiger partial charge in [-0.3, -0.25) is 0 Å². The van der Waals surface area contributed by atoms with E-state index in [0.29, 0.717) is 5.41 Å². The van der Waals surface area contributed by atoms with Gasteiger partial charge in [-0.15, -0.1) is 0 Å². The van der Waals surface area contributed by atoms with Crippen LogP contribution in [0.15, 0.2) is 0 Å². The molecule has 0 aromatic carbocycles. The Bertz CT molecular complexity index is 198. The van der Waals surface area contributed by atoms with Crippen LogP contribution in [-0.2, 0) is 0 Å². The van der Waals surface area contributed by atoms with Gasteiger partial charge in [0.05, 0.1) is 0 Å². The smallest absolute Gasteiger partial charge is 0.00462 e. The van der Waals surface area contributed by atoms with Crippen LogP contribution in [0, 0.1) is 29.1 Å². The summed E-state index contributed by atoms with van der Waals surface area (Å²) >= 11 is 0. The summed E-state index contributed by atoms with van der Waals surface area (Å²) in [6.07, 6.45) is 9.19. The Morgan fingerprint density at radius 1 is 1.07 bits per heavy atom. The summed E-state index contributed by atoms with van der Waals surface area (Å²) in [6, 6.07) is 0. The summed E-state index contributed by atoms with van der Waals surface area (Å²) < 4.78 is 0. The zero-order valence-corrected chi connectivity index (χ0v) is 9.34. The lowest BCUT2D eigenvalue weighted by atomic mass is 9.47. The van der Waals surface area contributed by atoms with E-state index in [-0.39, 0.29) is 0 Å². The maximum absolute atomic E-state index is 5.89. The van der Waals surface area contributed by atoms with E-state index in [1.807, 2.05) is 0 Å². The normalized spacial score (nSPS) is 52.3. The zero-order valence-electron chi connectivity index (χ0n) is 9.34. The van der Waals surface area contributed by atoms with Crippen molar-refractivity contribution >= 4 is 0 Å². The van der Waals surface area contributed by atoms with Crippen LogP contribution < -0.4 is 5.73 Å². The average molecular weight is 193 g/mol. The third kappa shape index (κ3) is 1.18. The third-order valence-electron chi connectivity index (χ3n) is 5.48. The van der Waals surface area contributed by atoms with Crippen LogP contribution >= 0.6 is 0 Å². The molecule has 4 aliphatic rings. The van der Waals surface area contributed by atoms with E-state index in [2.05, 4.69) is 6.92 Å². The standard InChI is InChI=1S/C13H23N/c1-9(8-14)13-5-10-2-11(6-13)4-12(3-10)7-13/h9-12H,2-8,14H2,1H3/t9-,10?,11?,12?,13?/m1/s1. The largest absolute Gasteiger partial charge is 0.330 e. The first-order valence-corrected chi connectivity index (χ1v) is 6.42. The zero-order chi connectivity index (χ0) is 9.76. The highest BCUT2D eigenvalue weighted by molar-refractivity contribution is 5.03. The Morgan fingerprint density at radius 2 is 1.50 bits per heavy atom. The van der Waals surface area contributed by atoms with Gasteiger partial charge in [-0.25, -0.2) is 0 Å². The second-order valence-electron chi connectivity index (χ2n) is 6.42. The van der Waals surface area contributed by atoms with Crippen molar-refractivity contribution in [2.24, 2.45) is 34.8 Å². The number of nitrogens with two attached hydrogens (primary N) is 1. The van der Waals surface area contributed by atoms with Crippen molar-refractivity contribution in [3.05, 3.63) is 0 Å². The predicted octanol–water partition coefficient (Wildman–Crippen LogP) is 2.80. The molecule has 4 fully saturated rings. The van der Waals surface area contributed by atoms with E-state index < -0.39 is 0 Å². The molecule has 1 nitrogen and oxygen atoms in total. The molecule has 4 rings (SSSR count). The van der Waals surface area contributed by atoms with Crippen LogP contribution in [0.1, 0.15) is 45.4 Å². The van der Waals surface area contributed by atoms with Crippen LogP contribution in [0.3, 0.4) is 0 Å². The fourth-order valence-corrected chi connectivity index (χ4v) is 5.03. The summed E-state index contributed by atoms with van der Waals surface area (Å²) in [7, 11) is 0. The second kappa shape index (κ2) is 2.98. The molecule has 2 N–H and O–H groups in total. The monoisotopic (exact) mass is 193 g/mol. The summed E-state index contributed by atoms with van der Waals surface area (Å²) in [5.41, 5.74) is 6.58. The van der Waals surface area contributed by atoms with Gasteiger partial charge in [0.15, 0.2) is 0 Å². The Kier molecular flexibility index (Phi) is 1.96. The molecule has 80 valence electrons. The van der Waals surface area contributed by atoms with Gasteiger partial charge >= 0.3 is 0 Å². The molecule has 1 heteroatoms. The minimum Gasteiger partial charge on any atom is -0.330 e. The lowest BCUT2D eigenvalue weighted by Crippen LogP contribution is -2.50. The lowest BCUT2D eigenvalue weighted by Gasteiger charge is -2.59. The molecular formula is C13H23N. The maximum Gasteiger partial charge on any atom is -0.00462 e. The van der Waals surface area contributed by atoms with Crippen LogP contribution in [0.4, 0.5) is 0 Å². The molecular weight excluding hydrogens is 170 g/mol. The fourth-order valence-electron chi connectivity index (χ4n) is 5.03. The van der Waals surface area contributed by atoms with Crippen molar-refractivity contribution in [3.8, 4) is 0 Å². The van der Waals surface area contributed by atoms with Crippen molar-refractivity contribution in [3.63, 3.8) is 0 Å². The molecule has 0 aliphatic heterocycles. The van der Waals surface area contributed by atoms with Gasteiger partial charge in [0.2, 0.25) is 0 Å². The van der Waals surface area contributed by atoms with Gasteiger partial charge in [-0.1, -0.05) is 6.92 Å². The van der Waals surface area contributed by atoms with Crippen molar-refractivity contribution in [1.29, 1.82) is 0 Å². The lowest BCUT2D eigenvalue weighted by molar-refractivity contribution is -0.0808. The Hall–Kier alpha value is -0.0400. The first-order valence-electron chi connectivity index (χ1n) is 6.42. The average Bonchev–Trinajstić information content (AvgIpc) is 2.14. The Morgan fingerprint density at radius 3 is 1.86 bits per heavy atom. The molecule has 0 spiro atoms. The van der Waals surface area contributed by atoms with E-state index in [1.54, 1.807) is 19.3 Å². The molecule has 0 saturated heterocycles. The number of rotatable bonds is 2. The van der Waals surface area contributed by atoms with Crippen molar-refractivity contribution in [1.82, 2.24) is 0 Å². The van der Waals surface area contributed by atoms with E-state index in [1.165, 1.54) is 19.3 Å². The molecule has 1 atom stereocenters. The van der Waals surface area contributed by atoms with Gasteiger partial charge in [-0.2, -0.15) is 0 Å². The van der Waals surface area contributed by atoms with Crippen molar-refractivity contribution in [2.45, 2.75) is 45.4 Å². The Labute approximate surface area is 87.4 Å². The predicted molar refractivity (Wildman–Crippen MR) is 58.8 cm³/mol. The van der Waals surface area contributed by atoms with Gasteiger partial charge in [-0.05, 0) is 74.2 Å². The van der Waals surface area contributed by atoms with Gasteiger partial charge in [0.1, 0.15) is 0 Å². The SMILES string of the molecule is C[C@H](CN)C12CC3CC(CC(C3)C1)C2. The number of hydrogen-bond acceptors (Lipinski definition) is 1. The third-order valence-corrected chi connectivity index (χ3v) is 5.48. The van der Waals surface area contributed by atoms with E-state index in [4.69, 9.17) is 5.73 Å². The highest BCUT2D eigenvalue weighted by atomic mass is 14.6. The summed E-state index contributed by atoms with van der Waals surface area (Å²) in [5, 5.41) is 0. The molecule has 4 bridgehead atoms. The molecule has 4 saturated carbocycles. The minimum atomic E-state index is 0.684. The molecule has 4 aliphatic carbocycles. The van der Waals surface area contributed by atoms with E-state index >= 15 is 0 Å². The highest BCUT2D eigenvalue weighted by Gasteiger charge is 2.52.